The van der Waals surface area contributed by atoms with E-state index in [1.807, 2.05) is 62.4 Å². The topological polar surface area (TPSA) is 98.7 Å². The van der Waals surface area contributed by atoms with E-state index in [2.05, 4.69) is 17.6 Å². The summed E-state index contributed by atoms with van der Waals surface area (Å²) in [6, 6.07) is 15.2. The summed E-state index contributed by atoms with van der Waals surface area (Å²) in [4.78, 5) is 43.9. The fourth-order valence-corrected chi connectivity index (χ4v) is 9.50. The van der Waals surface area contributed by atoms with E-state index in [-0.39, 0.29) is 35.5 Å². The average molecular weight is 564 g/mol. The number of hydrogen-bond acceptors (Lipinski definition) is 5. The van der Waals surface area contributed by atoms with Gasteiger partial charge in [0.1, 0.15) is 6.04 Å². The fraction of sp³-hybridized carbons (Fsp3) is 0.531. The van der Waals surface area contributed by atoms with Gasteiger partial charge in [-0.25, -0.2) is 0 Å². The van der Waals surface area contributed by atoms with Gasteiger partial charge in [0.05, 0.1) is 16.6 Å². The second-order valence-corrected chi connectivity index (χ2v) is 13.3. The molecule has 0 aromatic heterocycles. The number of fused-ring (bicyclic) bond motifs is 1. The first-order chi connectivity index (χ1) is 19.3. The van der Waals surface area contributed by atoms with Crippen LogP contribution in [0.5, 0.6) is 0 Å². The minimum Gasteiger partial charge on any atom is -0.396 e. The van der Waals surface area contributed by atoms with Crippen LogP contribution in [0.15, 0.2) is 48.5 Å². The maximum atomic E-state index is 14.2. The van der Waals surface area contributed by atoms with Crippen LogP contribution in [0, 0.1) is 31.6 Å². The van der Waals surface area contributed by atoms with Crippen LogP contribution >= 0.6 is 11.8 Å². The number of hydrogen-bond donors (Lipinski definition) is 3. The van der Waals surface area contributed by atoms with Crippen molar-refractivity contribution >= 4 is 35.2 Å². The maximum Gasteiger partial charge on any atom is 0.248 e. The minimum atomic E-state index is -0.639. The van der Waals surface area contributed by atoms with Gasteiger partial charge in [-0.15, -0.1) is 11.8 Å². The Morgan fingerprint density at radius 3 is 2.55 bits per heavy atom. The van der Waals surface area contributed by atoms with Crippen molar-refractivity contribution in [3.05, 3.63) is 65.2 Å². The number of rotatable bonds is 11. The molecule has 3 N–H and O–H groups in total. The van der Waals surface area contributed by atoms with Crippen molar-refractivity contribution in [3.63, 3.8) is 0 Å². The van der Waals surface area contributed by atoms with Crippen LogP contribution in [0.2, 0.25) is 0 Å². The standard InChI is InChI=1S/C32H41N3O4S/c1-20-13-14-21(2)24(17-20)34-30(38)28-32-22(3)18-25(40-32)26(29(37)33-19-23-11-7-6-8-12-23)27(32)31(39)35(28)15-9-4-5-10-16-36/h6-8,11-14,17,22,25-28,36H,4-5,9-10,15-16,18-19H2,1-3H3,(H,33,37)(H,34,38)/t22?,25-,26+,27+,28?,32?/m1/s1. The highest BCUT2D eigenvalue weighted by molar-refractivity contribution is 8.02. The third kappa shape index (κ3) is 5.16. The van der Waals surface area contributed by atoms with Crippen LogP contribution in [-0.4, -0.2) is 56.9 Å². The lowest BCUT2D eigenvalue weighted by Gasteiger charge is -2.38. The molecule has 0 saturated carbocycles. The highest BCUT2D eigenvalue weighted by Crippen LogP contribution is 2.68. The number of aliphatic hydroxyl groups is 1. The smallest absolute Gasteiger partial charge is 0.248 e. The molecule has 3 fully saturated rings. The number of thioether (sulfide) groups is 1. The van der Waals surface area contributed by atoms with Crippen molar-refractivity contribution in [2.75, 3.05) is 18.5 Å². The van der Waals surface area contributed by atoms with Crippen molar-refractivity contribution in [3.8, 4) is 0 Å². The number of carbonyl (C=O) groups is 3. The summed E-state index contributed by atoms with van der Waals surface area (Å²) in [5.74, 6) is -1.16. The lowest BCUT2D eigenvalue weighted by molar-refractivity contribution is -0.139. The molecule has 0 aliphatic carbocycles. The van der Waals surface area contributed by atoms with E-state index >= 15 is 0 Å². The summed E-state index contributed by atoms with van der Waals surface area (Å²) < 4.78 is -0.636. The molecule has 3 unspecified atom stereocenters. The van der Waals surface area contributed by atoms with E-state index in [0.29, 0.717) is 13.1 Å². The number of nitrogens with zero attached hydrogens (tertiary/aromatic N) is 1. The van der Waals surface area contributed by atoms with Gasteiger partial charge < -0.3 is 20.6 Å². The van der Waals surface area contributed by atoms with Crippen LogP contribution < -0.4 is 10.6 Å². The number of aliphatic hydroxyl groups excluding tert-OH is 1. The third-order valence-electron chi connectivity index (χ3n) is 9.06. The van der Waals surface area contributed by atoms with Gasteiger partial charge in [-0.05, 0) is 61.8 Å². The van der Waals surface area contributed by atoms with E-state index < -0.39 is 22.6 Å². The van der Waals surface area contributed by atoms with Crippen LogP contribution in [0.1, 0.15) is 55.7 Å². The van der Waals surface area contributed by atoms with E-state index in [0.717, 1.165) is 54.5 Å². The molecule has 3 saturated heterocycles. The summed E-state index contributed by atoms with van der Waals surface area (Å²) in [6.07, 6.45) is 4.06. The normalized spacial score (nSPS) is 28.6. The second-order valence-electron chi connectivity index (χ2n) is 11.7. The van der Waals surface area contributed by atoms with Gasteiger partial charge in [-0.2, -0.15) is 0 Å². The van der Waals surface area contributed by atoms with Crippen molar-refractivity contribution in [1.29, 1.82) is 0 Å². The summed E-state index contributed by atoms with van der Waals surface area (Å²) in [5.41, 5.74) is 3.81. The number of unbranched alkanes of at least 4 members (excludes halogenated alkanes) is 3. The Balaban J connectivity index is 1.43. The molecule has 2 aromatic carbocycles. The Morgan fingerprint density at radius 2 is 1.80 bits per heavy atom. The van der Waals surface area contributed by atoms with Gasteiger partial charge >= 0.3 is 0 Å². The quantitative estimate of drug-likeness (QED) is 0.351. The summed E-state index contributed by atoms with van der Waals surface area (Å²) >= 11 is 1.71. The van der Waals surface area contributed by atoms with Gasteiger partial charge in [0.25, 0.3) is 0 Å². The zero-order valence-electron chi connectivity index (χ0n) is 23.7. The molecule has 3 amide bonds. The molecule has 40 heavy (non-hydrogen) atoms. The van der Waals surface area contributed by atoms with Gasteiger partial charge in [-0.1, -0.05) is 62.2 Å². The molecular weight excluding hydrogens is 522 g/mol. The number of nitrogens with one attached hydrogen (secondary N) is 2. The van der Waals surface area contributed by atoms with E-state index in [4.69, 9.17) is 5.11 Å². The molecule has 0 radical (unpaired) electrons. The summed E-state index contributed by atoms with van der Waals surface area (Å²) in [5, 5.41) is 15.5. The molecule has 3 aliphatic heterocycles. The molecule has 3 aliphatic rings. The first kappa shape index (κ1) is 28.7. The molecular formula is C32H41N3O4S. The molecule has 2 aromatic rings. The van der Waals surface area contributed by atoms with Gasteiger partial charge in [0, 0.05) is 30.6 Å². The maximum absolute atomic E-state index is 14.2. The van der Waals surface area contributed by atoms with Crippen molar-refractivity contribution in [1.82, 2.24) is 10.2 Å². The number of anilines is 1. The van der Waals surface area contributed by atoms with E-state index in [9.17, 15) is 14.4 Å². The fourth-order valence-electron chi connectivity index (χ4n) is 7.08. The number of benzene rings is 2. The number of amides is 3. The van der Waals surface area contributed by atoms with Crippen LogP contribution in [0.3, 0.4) is 0 Å². The Morgan fingerprint density at radius 1 is 1.05 bits per heavy atom. The Bertz CT molecular complexity index is 1250. The van der Waals surface area contributed by atoms with Gasteiger partial charge in [0.2, 0.25) is 17.7 Å². The lowest BCUT2D eigenvalue weighted by atomic mass is 9.66. The zero-order chi connectivity index (χ0) is 28.4. The summed E-state index contributed by atoms with van der Waals surface area (Å²) in [6.45, 7) is 7.17. The van der Waals surface area contributed by atoms with Gasteiger partial charge in [0.15, 0.2) is 0 Å². The molecule has 214 valence electrons. The zero-order valence-corrected chi connectivity index (χ0v) is 24.5. The Labute approximate surface area is 241 Å². The summed E-state index contributed by atoms with van der Waals surface area (Å²) in [7, 11) is 0. The predicted molar refractivity (Wildman–Crippen MR) is 159 cm³/mol. The molecule has 2 bridgehead atoms. The predicted octanol–water partition coefficient (Wildman–Crippen LogP) is 4.45. The highest BCUT2D eigenvalue weighted by atomic mass is 32.2. The first-order valence-electron chi connectivity index (χ1n) is 14.6. The molecule has 8 heteroatoms. The van der Waals surface area contributed by atoms with Crippen molar-refractivity contribution in [2.45, 2.75) is 75.5 Å². The van der Waals surface area contributed by atoms with Crippen molar-refractivity contribution < 1.29 is 19.5 Å². The lowest BCUT2D eigenvalue weighted by Crippen LogP contribution is -2.55. The number of likely N-dealkylation sites (tertiary alicyclic amines) is 1. The largest absolute Gasteiger partial charge is 0.396 e. The number of carbonyl (C=O) groups excluding carboxylic acids is 3. The molecule has 1 spiro atoms. The molecule has 3 heterocycles. The molecule has 6 atom stereocenters. The third-order valence-corrected chi connectivity index (χ3v) is 11.1. The average Bonchev–Trinajstić information content (AvgIpc) is 3.53. The Hall–Kier alpha value is -2.84. The first-order valence-corrected chi connectivity index (χ1v) is 15.4. The highest BCUT2D eigenvalue weighted by Gasteiger charge is 2.75. The molecule has 7 nitrogen and oxygen atoms in total. The van der Waals surface area contributed by atoms with E-state index in [1.165, 1.54) is 0 Å². The second kappa shape index (κ2) is 12.0. The minimum absolute atomic E-state index is 0.0161. The van der Waals surface area contributed by atoms with Gasteiger partial charge in [-0.3, -0.25) is 14.4 Å². The van der Waals surface area contributed by atoms with Crippen LogP contribution in [0.4, 0.5) is 5.69 Å². The number of aryl methyl sites for hydroxylation is 2. The monoisotopic (exact) mass is 563 g/mol. The molecule has 5 rings (SSSR count). The SMILES string of the molecule is Cc1ccc(C)c(NC(=O)C2N(CCCCCCO)C(=O)[C@@H]3[C@@H](C(=O)NCc4ccccc4)[C@H]4CC(C)C23S4)c1. The van der Waals surface area contributed by atoms with E-state index in [1.54, 1.807) is 16.7 Å². The van der Waals surface area contributed by atoms with Crippen LogP contribution in [-0.2, 0) is 20.9 Å². The Kier molecular flexibility index (Phi) is 8.57. The van der Waals surface area contributed by atoms with Crippen LogP contribution in [0.25, 0.3) is 0 Å². The van der Waals surface area contributed by atoms with Crippen molar-refractivity contribution in [2.24, 2.45) is 17.8 Å².